The van der Waals surface area contributed by atoms with Crippen molar-refractivity contribution in [3.8, 4) is 0 Å². The van der Waals surface area contributed by atoms with Crippen LogP contribution in [0.15, 0.2) is 34.7 Å². The molecule has 4 nitrogen and oxygen atoms in total. The van der Waals surface area contributed by atoms with Crippen molar-refractivity contribution in [3.05, 3.63) is 35.8 Å². The Hall–Kier alpha value is -1.55. The number of aliphatic hydroxyl groups is 1. The highest BCUT2D eigenvalue weighted by atomic mass is 16.5. The van der Waals surface area contributed by atoms with Gasteiger partial charge in [0.25, 0.3) is 0 Å². The van der Waals surface area contributed by atoms with Gasteiger partial charge in [0, 0.05) is 11.0 Å². The molecule has 4 heteroatoms. The van der Waals surface area contributed by atoms with Crippen LogP contribution in [0.5, 0.6) is 0 Å². The first kappa shape index (κ1) is 18.2. The number of aryl methyl sites for hydroxylation is 1. The lowest BCUT2D eigenvalue weighted by Crippen LogP contribution is -2.57. The number of fused-ring (bicyclic) bond motifs is 1. The van der Waals surface area contributed by atoms with Gasteiger partial charge >= 0.3 is 5.97 Å². The number of esters is 1. The first-order valence-corrected chi connectivity index (χ1v) is 9.32. The van der Waals surface area contributed by atoms with E-state index in [1.165, 1.54) is 12.7 Å². The average Bonchev–Trinajstić information content (AvgIpc) is 3.11. The third kappa shape index (κ3) is 2.84. The third-order valence-corrected chi connectivity index (χ3v) is 7.24. The van der Waals surface area contributed by atoms with Crippen LogP contribution in [0.1, 0.15) is 52.0 Å². The van der Waals surface area contributed by atoms with Gasteiger partial charge in [0.1, 0.15) is 0 Å². The quantitative estimate of drug-likeness (QED) is 0.833. The Kier molecular flexibility index (Phi) is 4.84. The molecule has 25 heavy (non-hydrogen) atoms. The number of hydrogen-bond acceptors (Lipinski definition) is 4. The zero-order valence-corrected chi connectivity index (χ0v) is 15.7. The van der Waals surface area contributed by atoms with Crippen LogP contribution in [-0.2, 0) is 16.0 Å². The largest absolute Gasteiger partial charge is 0.472 e. The van der Waals surface area contributed by atoms with Gasteiger partial charge in [0.15, 0.2) is 0 Å². The Balaban J connectivity index is 1.94. The lowest BCUT2D eigenvalue weighted by molar-refractivity contribution is -0.151. The Morgan fingerprint density at radius 3 is 2.84 bits per heavy atom. The van der Waals surface area contributed by atoms with E-state index in [1.807, 2.05) is 18.4 Å². The maximum absolute atomic E-state index is 12.4. The monoisotopic (exact) mass is 346 g/mol. The number of allylic oxidation sites excluding steroid dienone is 1. The molecule has 2 aliphatic rings. The van der Waals surface area contributed by atoms with Gasteiger partial charge in [-0.25, -0.2) is 4.79 Å². The molecule has 0 saturated heterocycles. The number of aliphatic hydroxyl groups excluding tert-OH is 1. The fourth-order valence-corrected chi connectivity index (χ4v) is 5.40. The van der Waals surface area contributed by atoms with Crippen molar-refractivity contribution in [2.24, 2.45) is 22.7 Å². The third-order valence-electron chi connectivity index (χ3n) is 7.24. The molecule has 3 rings (SSSR count). The second kappa shape index (κ2) is 6.64. The summed E-state index contributed by atoms with van der Waals surface area (Å²) in [5.41, 5.74) is 1.39. The van der Waals surface area contributed by atoms with E-state index in [4.69, 9.17) is 9.15 Å². The normalized spacial score (nSPS) is 38.0. The summed E-state index contributed by atoms with van der Waals surface area (Å²) >= 11 is 0. The minimum absolute atomic E-state index is 0.0543. The number of rotatable bonds is 4. The summed E-state index contributed by atoms with van der Waals surface area (Å²) in [4.78, 5) is 12.4. The number of carbonyl (C=O) groups excluding carboxylic acids is 1. The summed E-state index contributed by atoms with van der Waals surface area (Å²) < 4.78 is 10.2. The molecule has 1 saturated carbocycles. The Morgan fingerprint density at radius 1 is 1.44 bits per heavy atom. The van der Waals surface area contributed by atoms with Crippen molar-refractivity contribution in [2.45, 2.75) is 59.0 Å². The molecule has 0 bridgehead atoms. The van der Waals surface area contributed by atoms with Crippen LogP contribution in [0.2, 0.25) is 0 Å². The minimum Gasteiger partial charge on any atom is -0.472 e. The van der Waals surface area contributed by atoms with Crippen LogP contribution in [0.3, 0.4) is 0 Å². The van der Waals surface area contributed by atoms with Crippen LogP contribution in [0, 0.1) is 22.7 Å². The Morgan fingerprint density at radius 2 is 2.20 bits per heavy atom. The van der Waals surface area contributed by atoms with E-state index in [9.17, 15) is 9.90 Å². The molecule has 0 aromatic carbocycles. The summed E-state index contributed by atoms with van der Waals surface area (Å²) in [7, 11) is 1.42. The van der Waals surface area contributed by atoms with Gasteiger partial charge < -0.3 is 14.3 Å². The highest BCUT2D eigenvalue weighted by Gasteiger charge is 2.59. The second-order valence-electron chi connectivity index (χ2n) is 8.31. The van der Waals surface area contributed by atoms with Crippen LogP contribution in [0.25, 0.3) is 0 Å². The molecule has 0 amide bonds. The summed E-state index contributed by atoms with van der Waals surface area (Å²) in [5, 5.41) is 11.0. The van der Waals surface area contributed by atoms with Crippen LogP contribution < -0.4 is 0 Å². The fraction of sp³-hybridized carbons (Fsp3) is 0.667. The molecule has 2 aliphatic carbocycles. The first-order chi connectivity index (χ1) is 11.8. The molecule has 138 valence electrons. The van der Waals surface area contributed by atoms with Crippen molar-refractivity contribution in [2.75, 3.05) is 7.11 Å². The molecule has 0 aliphatic heterocycles. The van der Waals surface area contributed by atoms with E-state index in [2.05, 4.69) is 20.8 Å². The van der Waals surface area contributed by atoms with E-state index >= 15 is 0 Å². The molecule has 0 radical (unpaired) electrons. The molecule has 1 fully saturated rings. The Bertz CT molecular complexity index is 647. The highest BCUT2D eigenvalue weighted by molar-refractivity contribution is 5.90. The average molecular weight is 346 g/mol. The zero-order chi connectivity index (χ0) is 18.2. The molecule has 1 N–H and O–H groups in total. The number of ether oxygens (including phenoxy) is 1. The molecular weight excluding hydrogens is 316 g/mol. The van der Waals surface area contributed by atoms with E-state index in [0.717, 1.165) is 25.7 Å². The summed E-state index contributed by atoms with van der Waals surface area (Å²) in [6, 6.07) is 2.02. The second-order valence-corrected chi connectivity index (χ2v) is 8.31. The fourth-order valence-electron chi connectivity index (χ4n) is 5.40. The van der Waals surface area contributed by atoms with Gasteiger partial charge in [-0.15, -0.1) is 0 Å². The maximum atomic E-state index is 12.4. The lowest BCUT2D eigenvalue weighted by Gasteiger charge is -2.59. The number of furan rings is 1. The Labute approximate surface area is 150 Å². The smallest absolute Gasteiger partial charge is 0.334 e. The van der Waals surface area contributed by atoms with Crippen molar-refractivity contribution in [1.29, 1.82) is 0 Å². The van der Waals surface area contributed by atoms with Crippen molar-refractivity contribution < 1.29 is 19.1 Å². The molecule has 1 aromatic heterocycles. The molecule has 1 heterocycles. The minimum atomic E-state index is -0.539. The van der Waals surface area contributed by atoms with Gasteiger partial charge in [-0.1, -0.05) is 26.8 Å². The SMILES string of the molecule is COC(=O)C1=CCC[C@@H]2[C@@](C)(CCc3ccoc3)[C@H](C)C[C@H](O)[C@@]12C. The van der Waals surface area contributed by atoms with Crippen LogP contribution in [0.4, 0.5) is 0 Å². The summed E-state index contributed by atoms with van der Waals surface area (Å²) in [6.07, 6.45) is 9.56. The van der Waals surface area contributed by atoms with Crippen molar-refractivity contribution in [3.63, 3.8) is 0 Å². The van der Waals surface area contributed by atoms with E-state index in [0.29, 0.717) is 17.9 Å². The summed E-state index contributed by atoms with van der Waals surface area (Å²) in [6.45, 7) is 6.65. The highest BCUT2D eigenvalue weighted by Crippen LogP contribution is 2.61. The molecule has 1 aromatic rings. The molecule has 0 spiro atoms. The maximum Gasteiger partial charge on any atom is 0.334 e. The summed E-state index contributed by atoms with van der Waals surface area (Å²) in [5.74, 6) is 0.354. The van der Waals surface area contributed by atoms with Gasteiger partial charge in [0.2, 0.25) is 0 Å². The number of methoxy groups -OCH3 is 1. The van der Waals surface area contributed by atoms with Gasteiger partial charge in [-0.3, -0.25) is 0 Å². The molecule has 5 atom stereocenters. The van der Waals surface area contributed by atoms with E-state index in [1.54, 1.807) is 6.26 Å². The first-order valence-electron chi connectivity index (χ1n) is 9.32. The van der Waals surface area contributed by atoms with Crippen LogP contribution in [-0.4, -0.2) is 24.3 Å². The lowest BCUT2D eigenvalue weighted by atomic mass is 9.45. The van der Waals surface area contributed by atoms with E-state index in [-0.39, 0.29) is 17.3 Å². The van der Waals surface area contributed by atoms with Crippen LogP contribution >= 0.6 is 0 Å². The molecule has 0 unspecified atom stereocenters. The molecular formula is C21H30O4. The van der Waals surface area contributed by atoms with Gasteiger partial charge in [-0.05, 0) is 61.0 Å². The topological polar surface area (TPSA) is 59.7 Å². The van der Waals surface area contributed by atoms with Crippen molar-refractivity contribution >= 4 is 5.97 Å². The number of carbonyl (C=O) groups is 1. The predicted molar refractivity (Wildman–Crippen MR) is 95.9 cm³/mol. The number of hydrogen-bond donors (Lipinski definition) is 1. The standard InChI is InChI=1S/C21H30O4/c1-14-12-18(22)21(3)16(19(23)24-4)6-5-7-17(21)20(14,2)10-8-15-9-11-25-13-15/h6,9,11,13-14,17-18,22H,5,7-8,10,12H2,1-4H3/t14-,17-,18+,20+,21+/m1/s1. The van der Waals surface area contributed by atoms with E-state index < -0.39 is 11.5 Å². The van der Waals surface area contributed by atoms with Crippen molar-refractivity contribution in [1.82, 2.24) is 0 Å². The zero-order valence-electron chi connectivity index (χ0n) is 15.7. The van der Waals surface area contributed by atoms with Gasteiger partial charge in [0.05, 0.1) is 25.7 Å². The van der Waals surface area contributed by atoms with Gasteiger partial charge in [-0.2, -0.15) is 0 Å². The predicted octanol–water partition coefficient (Wildman–Crippen LogP) is 4.13.